The largest absolute Gasteiger partial charge is 0.465 e. The molecule has 1 atom stereocenters. The maximum Gasteiger partial charge on any atom is 0.419 e. The van der Waals surface area contributed by atoms with E-state index in [2.05, 4.69) is 9.97 Å². The summed E-state index contributed by atoms with van der Waals surface area (Å²) in [5, 5.41) is 10.9. The highest BCUT2D eigenvalue weighted by molar-refractivity contribution is 5.77. The lowest BCUT2D eigenvalue weighted by Crippen LogP contribution is -2.53. The summed E-state index contributed by atoms with van der Waals surface area (Å²) in [4.78, 5) is 41.8. The van der Waals surface area contributed by atoms with Crippen LogP contribution < -0.4 is 4.90 Å². The number of amides is 2. The first-order chi connectivity index (χ1) is 15.2. The van der Waals surface area contributed by atoms with Crippen LogP contribution in [0.4, 0.5) is 23.9 Å². The van der Waals surface area contributed by atoms with Crippen LogP contribution in [0.1, 0.15) is 33.3 Å². The zero-order valence-electron chi connectivity index (χ0n) is 19.5. The average Bonchev–Trinajstić information content (AvgIpc) is 2.70. The zero-order chi connectivity index (χ0) is 25.0. The number of anilines is 1. The Morgan fingerprint density at radius 2 is 1.70 bits per heavy atom. The van der Waals surface area contributed by atoms with Gasteiger partial charge in [0.25, 0.3) is 5.91 Å². The Bertz CT molecular complexity index is 808. The molecule has 1 saturated heterocycles. The van der Waals surface area contributed by atoms with E-state index >= 15 is 0 Å². The highest BCUT2D eigenvalue weighted by Gasteiger charge is 2.33. The molecule has 2 rings (SSSR count). The number of halogens is 3. The molecule has 0 unspecified atom stereocenters. The number of piperazine rings is 1. The molecule has 1 aromatic heterocycles. The van der Waals surface area contributed by atoms with Crippen LogP contribution in [0.2, 0.25) is 0 Å². The second kappa shape index (κ2) is 10.5. The Balaban J connectivity index is 1.80. The van der Waals surface area contributed by atoms with E-state index in [1.165, 1.54) is 9.96 Å². The minimum atomic E-state index is -4.49. The number of aromatic nitrogens is 2. The van der Waals surface area contributed by atoms with Gasteiger partial charge in [-0.2, -0.15) is 18.2 Å². The van der Waals surface area contributed by atoms with Crippen molar-refractivity contribution in [2.75, 3.05) is 51.3 Å². The van der Waals surface area contributed by atoms with Crippen molar-refractivity contribution in [3.05, 3.63) is 18.0 Å². The summed E-state index contributed by atoms with van der Waals surface area (Å²) in [6.07, 6.45) is -4.03. The fourth-order valence-electron chi connectivity index (χ4n) is 3.69. The molecule has 0 spiro atoms. The molecule has 1 aliphatic rings. The lowest BCUT2D eigenvalue weighted by molar-refractivity contribution is -0.171. The zero-order valence-corrected chi connectivity index (χ0v) is 19.5. The molecule has 0 aromatic carbocycles. The van der Waals surface area contributed by atoms with Gasteiger partial charge in [-0.1, -0.05) is 0 Å². The maximum atomic E-state index is 12.6. The first-order valence-corrected chi connectivity index (χ1v) is 10.5. The van der Waals surface area contributed by atoms with Gasteiger partial charge >= 0.3 is 12.3 Å². The van der Waals surface area contributed by atoms with E-state index < -0.39 is 23.4 Å². The monoisotopic (exact) mass is 476 g/mol. The third kappa shape index (κ3) is 7.42. The third-order valence-corrected chi connectivity index (χ3v) is 5.18. The van der Waals surface area contributed by atoms with Gasteiger partial charge in [0.2, 0.25) is 5.95 Å². The minimum absolute atomic E-state index is 0.182. The van der Waals surface area contributed by atoms with Crippen LogP contribution in [0.25, 0.3) is 0 Å². The normalized spacial score (nSPS) is 16.2. The van der Waals surface area contributed by atoms with Crippen molar-refractivity contribution in [2.24, 2.45) is 0 Å². The third-order valence-electron chi connectivity index (χ3n) is 5.18. The van der Waals surface area contributed by atoms with E-state index in [1.54, 1.807) is 44.5 Å². The van der Waals surface area contributed by atoms with Crippen LogP contribution in [-0.4, -0.2) is 99.9 Å². The molecule has 0 saturated carbocycles. The number of hydrogen-bond donors (Lipinski definition) is 1. The minimum Gasteiger partial charge on any atom is -0.465 e. The fourth-order valence-corrected chi connectivity index (χ4v) is 3.69. The van der Waals surface area contributed by atoms with Gasteiger partial charge in [-0.25, -0.2) is 14.8 Å². The molecule has 2 amide bonds. The van der Waals surface area contributed by atoms with Crippen molar-refractivity contribution in [1.29, 1.82) is 0 Å². The van der Waals surface area contributed by atoms with Crippen LogP contribution in [0.15, 0.2) is 12.4 Å². The number of carbonyl (C=O) groups excluding carboxylic acids is 1. The van der Waals surface area contributed by atoms with E-state index in [0.29, 0.717) is 26.2 Å². The van der Waals surface area contributed by atoms with Crippen molar-refractivity contribution in [3.8, 4) is 0 Å². The SMILES string of the molecule is C[C@@H](CN(C)OCC(=O)N1CCN(c2ncc(C(F)(F)F)cn2)CC1)N(C(=O)O)C(C)(C)C. The highest BCUT2D eigenvalue weighted by Crippen LogP contribution is 2.28. The molecule has 33 heavy (non-hydrogen) atoms. The van der Waals surface area contributed by atoms with Gasteiger partial charge in [0.05, 0.1) is 5.56 Å². The Labute approximate surface area is 190 Å². The second-order valence-corrected chi connectivity index (χ2v) is 8.89. The standard InChI is InChI=1S/C20H31F3N6O4/c1-14(29(18(31)32)19(2,3)4)12-26(5)33-13-16(30)27-6-8-28(9-7-27)17-24-10-15(11-25-17)20(21,22)23/h10-11,14H,6-9,12-13H2,1-5H3,(H,31,32)/t14-/m0/s1. The molecule has 1 N–H and O–H groups in total. The number of carbonyl (C=O) groups is 2. The summed E-state index contributed by atoms with van der Waals surface area (Å²) in [5.74, 6) is -0.0599. The average molecular weight is 477 g/mol. The molecule has 1 aliphatic heterocycles. The number of rotatable bonds is 7. The fraction of sp³-hybridized carbons (Fsp3) is 0.700. The van der Waals surface area contributed by atoms with Crippen molar-refractivity contribution in [2.45, 2.75) is 45.5 Å². The molecule has 186 valence electrons. The highest BCUT2D eigenvalue weighted by atomic mass is 19.4. The molecule has 0 bridgehead atoms. The van der Waals surface area contributed by atoms with Gasteiger partial charge in [-0.05, 0) is 27.7 Å². The molecule has 1 fully saturated rings. The first-order valence-electron chi connectivity index (χ1n) is 10.5. The summed E-state index contributed by atoms with van der Waals surface area (Å²) in [6.45, 7) is 8.70. The van der Waals surface area contributed by atoms with Gasteiger partial charge < -0.3 is 14.9 Å². The second-order valence-electron chi connectivity index (χ2n) is 8.89. The smallest absolute Gasteiger partial charge is 0.419 e. The van der Waals surface area contributed by atoms with Crippen molar-refractivity contribution in [1.82, 2.24) is 24.8 Å². The van der Waals surface area contributed by atoms with Crippen molar-refractivity contribution >= 4 is 17.9 Å². The molecule has 0 radical (unpaired) electrons. The molecule has 0 aliphatic carbocycles. The Kier molecular flexibility index (Phi) is 8.46. The van der Waals surface area contributed by atoms with Crippen LogP contribution in [-0.2, 0) is 15.8 Å². The molecule has 10 nitrogen and oxygen atoms in total. The van der Waals surface area contributed by atoms with Gasteiger partial charge in [0.1, 0.15) is 6.61 Å². The number of likely N-dealkylation sites (N-methyl/N-ethyl adjacent to an activating group) is 1. The summed E-state index contributed by atoms with van der Waals surface area (Å²) in [7, 11) is 1.63. The number of hydroxylamine groups is 2. The maximum absolute atomic E-state index is 12.6. The van der Waals surface area contributed by atoms with Gasteiger partial charge in [-0.3, -0.25) is 14.5 Å². The van der Waals surface area contributed by atoms with Crippen LogP contribution >= 0.6 is 0 Å². The van der Waals surface area contributed by atoms with Crippen molar-refractivity contribution in [3.63, 3.8) is 0 Å². The lowest BCUT2D eigenvalue weighted by atomic mass is 10.0. The molecule has 13 heteroatoms. The van der Waals surface area contributed by atoms with Gasteiger partial charge in [0.15, 0.2) is 0 Å². The number of carboxylic acid groups (broad SMARTS) is 1. The Hall–Kier alpha value is -2.67. The summed E-state index contributed by atoms with van der Waals surface area (Å²) in [5.41, 5.74) is -1.50. The lowest BCUT2D eigenvalue weighted by Gasteiger charge is -2.39. The van der Waals surface area contributed by atoms with E-state index in [9.17, 15) is 27.9 Å². The number of nitrogens with zero attached hydrogens (tertiary/aromatic N) is 6. The summed E-state index contributed by atoms with van der Waals surface area (Å²) < 4.78 is 37.9. The number of hydrogen-bond acceptors (Lipinski definition) is 7. The number of alkyl halides is 3. The Morgan fingerprint density at radius 1 is 1.15 bits per heavy atom. The molecule has 2 heterocycles. The van der Waals surface area contributed by atoms with Crippen molar-refractivity contribution < 1.29 is 32.7 Å². The van der Waals surface area contributed by atoms with Crippen LogP contribution in [0.3, 0.4) is 0 Å². The Morgan fingerprint density at radius 3 is 2.15 bits per heavy atom. The van der Waals surface area contributed by atoms with Gasteiger partial charge in [-0.15, -0.1) is 0 Å². The van der Waals surface area contributed by atoms with E-state index in [1.807, 2.05) is 0 Å². The summed E-state index contributed by atoms with van der Waals surface area (Å²) in [6, 6.07) is -0.366. The van der Waals surface area contributed by atoms with E-state index in [4.69, 9.17) is 4.84 Å². The van der Waals surface area contributed by atoms with Crippen LogP contribution in [0.5, 0.6) is 0 Å². The van der Waals surface area contributed by atoms with E-state index in [-0.39, 0.29) is 31.0 Å². The molecular formula is C20H31F3N6O4. The summed E-state index contributed by atoms with van der Waals surface area (Å²) >= 11 is 0. The van der Waals surface area contributed by atoms with E-state index in [0.717, 1.165) is 12.4 Å². The van der Waals surface area contributed by atoms with Crippen LogP contribution in [0, 0.1) is 0 Å². The van der Waals surface area contributed by atoms with Gasteiger partial charge in [0, 0.05) is 63.7 Å². The topological polar surface area (TPSA) is 102 Å². The molecule has 1 aromatic rings. The first kappa shape index (κ1) is 26.6. The predicted octanol–water partition coefficient (Wildman–Crippen LogP) is 2.17. The predicted molar refractivity (Wildman–Crippen MR) is 113 cm³/mol. The molecular weight excluding hydrogens is 445 g/mol. The quantitative estimate of drug-likeness (QED) is 0.598.